The molecular formula is C11H14F2N4O. The minimum absolute atomic E-state index is 0.112. The zero-order valence-corrected chi connectivity index (χ0v) is 9.92. The van der Waals surface area contributed by atoms with E-state index in [1.54, 1.807) is 16.8 Å². The summed E-state index contributed by atoms with van der Waals surface area (Å²) in [5.41, 5.74) is 1.44. The molecule has 1 N–H and O–H groups in total. The van der Waals surface area contributed by atoms with E-state index >= 15 is 0 Å². The van der Waals surface area contributed by atoms with Gasteiger partial charge in [0.2, 0.25) is 0 Å². The van der Waals surface area contributed by atoms with Gasteiger partial charge in [0.15, 0.2) is 5.82 Å². The van der Waals surface area contributed by atoms with Gasteiger partial charge in [0.25, 0.3) is 6.43 Å². The summed E-state index contributed by atoms with van der Waals surface area (Å²) in [4.78, 5) is 5.48. The van der Waals surface area contributed by atoms with Crippen LogP contribution in [0.15, 0.2) is 18.5 Å². The number of fused-ring (bicyclic) bond motifs is 1. The summed E-state index contributed by atoms with van der Waals surface area (Å²) < 4.78 is 26.6. The summed E-state index contributed by atoms with van der Waals surface area (Å²) in [6.07, 6.45) is 0.679. The van der Waals surface area contributed by atoms with Crippen LogP contribution in [0, 0.1) is 6.92 Å². The predicted octanol–water partition coefficient (Wildman–Crippen LogP) is 1.10. The monoisotopic (exact) mass is 256 g/mol. The number of alkyl halides is 2. The Bertz CT molecular complexity index is 529. The summed E-state index contributed by atoms with van der Waals surface area (Å²) in [5.74, 6) is 0.410. The number of anilines is 1. The molecule has 0 spiro atoms. The molecule has 0 bridgehead atoms. The van der Waals surface area contributed by atoms with Gasteiger partial charge in [-0.05, 0) is 13.0 Å². The molecule has 2 heterocycles. The van der Waals surface area contributed by atoms with Gasteiger partial charge in [0.1, 0.15) is 5.52 Å². The third-order valence-corrected chi connectivity index (χ3v) is 2.52. The van der Waals surface area contributed by atoms with E-state index < -0.39 is 13.0 Å². The molecule has 0 aliphatic carbocycles. The summed E-state index contributed by atoms with van der Waals surface area (Å²) >= 11 is 0. The van der Waals surface area contributed by atoms with Crippen molar-refractivity contribution < 1.29 is 13.9 Å². The van der Waals surface area contributed by atoms with Gasteiger partial charge in [-0.15, -0.1) is 0 Å². The van der Waals surface area contributed by atoms with Crippen LogP contribution in [0.5, 0.6) is 0 Å². The molecule has 0 amide bonds. The highest BCUT2D eigenvalue weighted by atomic mass is 19.3. The Kier molecular flexibility index (Phi) is 3.71. The van der Waals surface area contributed by atoms with Crippen molar-refractivity contribution >= 4 is 11.3 Å². The fourth-order valence-corrected chi connectivity index (χ4v) is 1.85. The van der Waals surface area contributed by atoms with Crippen LogP contribution in [0.2, 0.25) is 0 Å². The SMILES string of the molecule is Cc1cc2c(N(CCO)CC(F)F)nccn2n1. The van der Waals surface area contributed by atoms with E-state index in [2.05, 4.69) is 10.1 Å². The second-order valence-electron chi connectivity index (χ2n) is 3.93. The maximum absolute atomic E-state index is 12.5. The van der Waals surface area contributed by atoms with Crippen molar-refractivity contribution in [2.45, 2.75) is 13.3 Å². The first-order valence-electron chi connectivity index (χ1n) is 5.56. The van der Waals surface area contributed by atoms with Crippen LogP contribution >= 0.6 is 0 Å². The number of hydrogen-bond acceptors (Lipinski definition) is 4. The lowest BCUT2D eigenvalue weighted by molar-refractivity contribution is 0.152. The molecule has 0 aliphatic heterocycles. The number of rotatable bonds is 5. The van der Waals surface area contributed by atoms with Crippen LogP contribution in [-0.2, 0) is 0 Å². The molecule has 0 saturated heterocycles. The first-order valence-corrected chi connectivity index (χ1v) is 5.56. The first-order chi connectivity index (χ1) is 8.61. The Morgan fingerprint density at radius 2 is 2.28 bits per heavy atom. The molecule has 2 aromatic heterocycles. The number of hydrogen-bond donors (Lipinski definition) is 1. The van der Waals surface area contributed by atoms with Crippen molar-refractivity contribution in [3.05, 3.63) is 24.2 Å². The zero-order chi connectivity index (χ0) is 13.1. The highest BCUT2D eigenvalue weighted by Gasteiger charge is 2.17. The Hall–Kier alpha value is -1.76. The number of aliphatic hydroxyl groups is 1. The van der Waals surface area contributed by atoms with Crippen molar-refractivity contribution in [3.8, 4) is 0 Å². The molecule has 0 radical (unpaired) electrons. The van der Waals surface area contributed by atoms with Gasteiger partial charge in [-0.3, -0.25) is 0 Å². The molecule has 0 atom stereocenters. The molecular weight excluding hydrogens is 242 g/mol. The summed E-state index contributed by atoms with van der Waals surface area (Å²) in [5, 5.41) is 13.1. The number of nitrogens with zero attached hydrogens (tertiary/aromatic N) is 4. The molecule has 98 valence electrons. The number of aryl methyl sites for hydroxylation is 1. The fraction of sp³-hybridized carbons (Fsp3) is 0.455. The average Bonchev–Trinajstić information content (AvgIpc) is 2.67. The van der Waals surface area contributed by atoms with E-state index in [4.69, 9.17) is 5.11 Å². The first kappa shape index (κ1) is 12.7. The van der Waals surface area contributed by atoms with Gasteiger partial charge < -0.3 is 10.0 Å². The third kappa shape index (κ3) is 2.56. The topological polar surface area (TPSA) is 53.7 Å². The lowest BCUT2D eigenvalue weighted by Gasteiger charge is -2.22. The molecule has 7 heteroatoms. The van der Waals surface area contributed by atoms with Crippen LogP contribution < -0.4 is 4.90 Å². The number of aliphatic hydroxyl groups excluding tert-OH is 1. The van der Waals surface area contributed by atoms with Gasteiger partial charge in [-0.1, -0.05) is 0 Å². The molecule has 0 aromatic carbocycles. The van der Waals surface area contributed by atoms with Crippen molar-refractivity contribution in [2.24, 2.45) is 0 Å². The van der Waals surface area contributed by atoms with Crippen LogP contribution in [0.4, 0.5) is 14.6 Å². The van der Waals surface area contributed by atoms with E-state index in [1.165, 1.54) is 11.1 Å². The highest BCUT2D eigenvalue weighted by molar-refractivity contribution is 5.69. The largest absolute Gasteiger partial charge is 0.395 e. The van der Waals surface area contributed by atoms with E-state index in [9.17, 15) is 8.78 Å². The van der Waals surface area contributed by atoms with Gasteiger partial charge in [-0.25, -0.2) is 18.3 Å². The fourth-order valence-electron chi connectivity index (χ4n) is 1.85. The van der Waals surface area contributed by atoms with E-state index in [-0.39, 0.29) is 13.2 Å². The van der Waals surface area contributed by atoms with E-state index in [0.717, 1.165) is 5.69 Å². The van der Waals surface area contributed by atoms with Crippen LogP contribution in [0.1, 0.15) is 5.69 Å². The third-order valence-electron chi connectivity index (χ3n) is 2.52. The quantitative estimate of drug-likeness (QED) is 0.870. The zero-order valence-electron chi connectivity index (χ0n) is 9.92. The summed E-state index contributed by atoms with van der Waals surface area (Å²) in [7, 11) is 0. The van der Waals surface area contributed by atoms with Crippen LogP contribution in [0.25, 0.3) is 5.52 Å². The molecule has 0 aliphatic rings. The lowest BCUT2D eigenvalue weighted by Crippen LogP contribution is -2.32. The number of aromatic nitrogens is 3. The lowest BCUT2D eigenvalue weighted by atomic mass is 10.3. The molecule has 0 unspecified atom stereocenters. The average molecular weight is 256 g/mol. The van der Waals surface area contributed by atoms with E-state index in [1.807, 2.05) is 6.92 Å². The van der Waals surface area contributed by atoms with E-state index in [0.29, 0.717) is 11.3 Å². The van der Waals surface area contributed by atoms with Crippen molar-refractivity contribution in [3.63, 3.8) is 0 Å². The Morgan fingerprint density at radius 3 is 2.94 bits per heavy atom. The molecule has 2 rings (SSSR count). The predicted molar refractivity (Wildman–Crippen MR) is 63.0 cm³/mol. The Balaban J connectivity index is 2.42. The number of halogens is 2. The standard InChI is InChI=1S/C11H14F2N4O/c1-8-6-9-11(14-2-3-17(9)15-8)16(4-5-18)7-10(12)13/h2-3,6,10,18H,4-5,7H2,1H3. The minimum Gasteiger partial charge on any atom is -0.395 e. The molecule has 0 saturated carbocycles. The van der Waals surface area contributed by atoms with Gasteiger partial charge in [-0.2, -0.15) is 5.10 Å². The van der Waals surface area contributed by atoms with Gasteiger partial charge in [0, 0.05) is 18.9 Å². The van der Waals surface area contributed by atoms with Crippen molar-refractivity contribution in [1.29, 1.82) is 0 Å². The molecule has 2 aromatic rings. The maximum Gasteiger partial charge on any atom is 0.255 e. The smallest absolute Gasteiger partial charge is 0.255 e. The molecule has 0 fully saturated rings. The Labute approximate surface area is 103 Å². The van der Waals surface area contributed by atoms with Gasteiger partial charge in [0.05, 0.1) is 18.8 Å². The van der Waals surface area contributed by atoms with Crippen molar-refractivity contribution in [1.82, 2.24) is 14.6 Å². The van der Waals surface area contributed by atoms with Crippen LogP contribution in [-0.4, -0.2) is 45.8 Å². The minimum atomic E-state index is -2.48. The summed E-state index contributed by atoms with van der Waals surface area (Å²) in [6.45, 7) is 1.27. The highest BCUT2D eigenvalue weighted by Crippen LogP contribution is 2.20. The Morgan fingerprint density at radius 1 is 1.50 bits per heavy atom. The molecule has 18 heavy (non-hydrogen) atoms. The second kappa shape index (κ2) is 5.26. The van der Waals surface area contributed by atoms with Gasteiger partial charge >= 0.3 is 0 Å². The second-order valence-corrected chi connectivity index (χ2v) is 3.93. The van der Waals surface area contributed by atoms with Crippen molar-refractivity contribution in [2.75, 3.05) is 24.6 Å². The van der Waals surface area contributed by atoms with Crippen LogP contribution in [0.3, 0.4) is 0 Å². The molecule has 5 nitrogen and oxygen atoms in total. The normalized spacial score (nSPS) is 11.4. The summed E-state index contributed by atoms with van der Waals surface area (Å²) in [6, 6.07) is 1.78. The maximum atomic E-state index is 12.5.